The number of benzene rings is 1. The van der Waals surface area contributed by atoms with Gasteiger partial charge in [0.05, 0.1) is 10.3 Å². The van der Waals surface area contributed by atoms with Crippen LogP contribution in [0.1, 0.15) is 44.1 Å². The van der Waals surface area contributed by atoms with E-state index < -0.39 is 16.3 Å². The van der Waals surface area contributed by atoms with Crippen molar-refractivity contribution in [1.82, 2.24) is 0 Å². The van der Waals surface area contributed by atoms with Gasteiger partial charge in [-0.25, -0.2) is 0 Å². The molecule has 1 aliphatic rings. The normalized spacial score (nSPS) is 18.2. The molecule has 0 unspecified atom stereocenters. The van der Waals surface area contributed by atoms with Gasteiger partial charge in [0.1, 0.15) is 0 Å². The molecule has 5 heteroatoms. The van der Waals surface area contributed by atoms with Crippen LogP contribution in [0, 0.1) is 15.5 Å². The van der Waals surface area contributed by atoms with Gasteiger partial charge in [0, 0.05) is 12.1 Å². The number of carboxylic acid groups (broad SMARTS) is 1. The van der Waals surface area contributed by atoms with Gasteiger partial charge in [-0.1, -0.05) is 37.8 Å². The summed E-state index contributed by atoms with van der Waals surface area (Å²) in [6.07, 6.45) is 5.92. The van der Waals surface area contributed by atoms with Crippen molar-refractivity contribution in [3.05, 3.63) is 39.9 Å². The maximum Gasteiger partial charge on any atom is 0.309 e. The molecule has 2 rings (SSSR count). The Morgan fingerprint density at radius 1 is 1.15 bits per heavy atom. The number of aliphatic carboxylic acids is 1. The second-order valence-electron chi connectivity index (χ2n) is 5.60. The summed E-state index contributed by atoms with van der Waals surface area (Å²) in [6, 6.07) is 6.24. The number of nitro groups is 1. The molecule has 0 atom stereocenters. The molecule has 0 saturated heterocycles. The zero-order valence-corrected chi connectivity index (χ0v) is 11.4. The standard InChI is InChI=1S/C15H19NO4/c17-14(18)15(9-3-1-2-4-10-15)11-12-5-7-13(8-6-12)16(19)20/h5-8H,1-4,9-11H2,(H,17,18). The fourth-order valence-electron chi connectivity index (χ4n) is 3.00. The van der Waals surface area contributed by atoms with E-state index in [1.54, 1.807) is 12.1 Å². The van der Waals surface area contributed by atoms with Crippen molar-refractivity contribution >= 4 is 11.7 Å². The van der Waals surface area contributed by atoms with Gasteiger partial charge in [-0.3, -0.25) is 14.9 Å². The van der Waals surface area contributed by atoms with E-state index in [2.05, 4.69) is 0 Å². The molecule has 1 aromatic rings. The Hall–Kier alpha value is -1.91. The van der Waals surface area contributed by atoms with Crippen LogP contribution in [0.5, 0.6) is 0 Å². The Balaban J connectivity index is 2.19. The molecule has 1 N–H and O–H groups in total. The van der Waals surface area contributed by atoms with Crippen LogP contribution in [0.4, 0.5) is 5.69 Å². The van der Waals surface area contributed by atoms with E-state index >= 15 is 0 Å². The molecule has 5 nitrogen and oxygen atoms in total. The number of hydrogen-bond acceptors (Lipinski definition) is 3. The third-order valence-electron chi connectivity index (χ3n) is 4.20. The Morgan fingerprint density at radius 3 is 2.15 bits per heavy atom. The van der Waals surface area contributed by atoms with E-state index in [-0.39, 0.29) is 5.69 Å². The highest BCUT2D eigenvalue weighted by atomic mass is 16.6. The van der Waals surface area contributed by atoms with Gasteiger partial charge in [0.2, 0.25) is 0 Å². The predicted molar refractivity (Wildman–Crippen MR) is 74.6 cm³/mol. The number of carboxylic acids is 1. The first-order valence-electron chi connectivity index (χ1n) is 7.00. The minimum atomic E-state index is -0.738. The van der Waals surface area contributed by atoms with Crippen molar-refractivity contribution in [2.45, 2.75) is 44.9 Å². The average molecular weight is 277 g/mol. The lowest BCUT2D eigenvalue weighted by molar-refractivity contribution is -0.384. The highest BCUT2D eigenvalue weighted by molar-refractivity contribution is 5.75. The molecule has 1 fully saturated rings. The van der Waals surface area contributed by atoms with E-state index in [0.717, 1.165) is 31.2 Å². The summed E-state index contributed by atoms with van der Waals surface area (Å²) in [5.41, 5.74) is 0.200. The van der Waals surface area contributed by atoms with E-state index in [1.807, 2.05) is 0 Å². The molecule has 108 valence electrons. The van der Waals surface area contributed by atoms with Gasteiger partial charge in [0.25, 0.3) is 5.69 Å². The molecule has 1 aliphatic carbocycles. The molecule has 0 aliphatic heterocycles. The van der Waals surface area contributed by atoms with Crippen LogP contribution in [0.15, 0.2) is 24.3 Å². The Kier molecular flexibility index (Phi) is 4.37. The van der Waals surface area contributed by atoms with Crippen LogP contribution < -0.4 is 0 Å². The van der Waals surface area contributed by atoms with Crippen molar-refractivity contribution in [3.63, 3.8) is 0 Å². The van der Waals surface area contributed by atoms with E-state index in [1.165, 1.54) is 12.1 Å². The summed E-state index contributed by atoms with van der Waals surface area (Å²) >= 11 is 0. The summed E-state index contributed by atoms with van der Waals surface area (Å²) in [5.74, 6) is -0.738. The number of carbonyl (C=O) groups is 1. The maximum atomic E-state index is 11.7. The van der Waals surface area contributed by atoms with E-state index in [0.29, 0.717) is 19.3 Å². The van der Waals surface area contributed by atoms with Crippen molar-refractivity contribution in [3.8, 4) is 0 Å². The summed E-state index contributed by atoms with van der Waals surface area (Å²) in [5, 5.41) is 20.2. The molecule has 0 radical (unpaired) electrons. The van der Waals surface area contributed by atoms with Crippen LogP contribution in [0.25, 0.3) is 0 Å². The fourth-order valence-corrected chi connectivity index (χ4v) is 3.00. The quantitative estimate of drug-likeness (QED) is 0.518. The molecular formula is C15H19NO4. The monoisotopic (exact) mass is 277 g/mol. The van der Waals surface area contributed by atoms with Crippen LogP contribution in [0.2, 0.25) is 0 Å². The summed E-state index contributed by atoms with van der Waals surface area (Å²) < 4.78 is 0. The number of nitro benzene ring substituents is 1. The lowest BCUT2D eigenvalue weighted by Gasteiger charge is -2.28. The van der Waals surface area contributed by atoms with Crippen LogP contribution in [-0.2, 0) is 11.2 Å². The highest BCUT2D eigenvalue weighted by Gasteiger charge is 2.38. The second-order valence-corrected chi connectivity index (χ2v) is 5.60. The number of nitrogens with zero attached hydrogens (tertiary/aromatic N) is 1. The van der Waals surface area contributed by atoms with Gasteiger partial charge in [-0.2, -0.15) is 0 Å². The first-order valence-corrected chi connectivity index (χ1v) is 7.00. The topological polar surface area (TPSA) is 80.4 Å². The third-order valence-corrected chi connectivity index (χ3v) is 4.20. The maximum absolute atomic E-state index is 11.7. The molecule has 0 heterocycles. The predicted octanol–water partition coefficient (Wildman–Crippen LogP) is 3.56. The van der Waals surface area contributed by atoms with Crippen molar-refractivity contribution < 1.29 is 14.8 Å². The van der Waals surface area contributed by atoms with Gasteiger partial charge in [-0.05, 0) is 24.8 Å². The number of rotatable bonds is 4. The fraction of sp³-hybridized carbons (Fsp3) is 0.533. The highest BCUT2D eigenvalue weighted by Crippen LogP contribution is 2.38. The molecule has 0 aromatic heterocycles. The zero-order valence-electron chi connectivity index (χ0n) is 11.4. The molecular weight excluding hydrogens is 258 g/mol. The van der Waals surface area contributed by atoms with Crippen molar-refractivity contribution in [2.24, 2.45) is 5.41 Å². The van der Waals surface area contributed by atoms with Crippen LogP contribution in [0.3, 0.4) is 0 Å². The minimum absolute atomic E-state index is 0.0407. The first kappa shape index (κ1) is 14.5. The van der Waals surface area contributed by atoms with Crippen molar-refractivity contribution in [2.75, 3.05) is 0 Å². The summed E-state index contributed by atoms with van der Waals surface area (Å²) in [6.45, 7) is 0. The Bertz CT molecular complexity index is 487. The number of non-ortho nitro benzene ring substituents is 1. The Morgan fingerprint density at radius 2 is 1.70 bits per heavy atom. The molecule has 1 saturated carbocycles. The Labute approximate surface area is 117 Å². The first-order chi connectivity index (χ1) is 9.53. The van der Waals surface area contributed by atoms with Crippen LogP contribution in [-0.4, -0.2) is 16.0 Å². The second kappa shape index (κ2) is 6.03. The number of hydrogen-bond donors (Lipinski definition) is 1. The molecule has 20 heavy (non-hydrogen) atoms. The minimum Gasteiger partial charge on any atom is -0.481 e. The zero-order chi connectivity index (χ0) is 14.6. The van der Waals surface area contributed by atoms with Crippen molar-refractivity contribution in [1.29, 1.82) is 0 Å². The summed E-state index contributed by atoms with van der Waals surface area (Å²) in [4.78, 5) is 21.9. The lowest BCUT2D eigenvalue weighted by Crippen LogP contribution is -2.32. The average Bonchev–Trinajstić information content (AvgIpc) is 2.66. The van der Waals surface area contributed by atoms with Gasteiger partial charge in [0.15, 0.2) is 0 Å². The van der Waals surface area contributed by atoms with E-state index in [9.17, 15) is 20.0 Å². The molecule has 0 amide bonds. The molecule has 0 spiro atoms. The SMILES string of the molecule is O=C(O)C1(Cc2ccc([N+](=O)[O-])cc2)CCCCCC1. The third kappa shape index (κ3) is 3.15. The van der Waals surface area contributed by atoms with Gasteiger partial charge in [-0.15, -0.1) is 0 Å². The summed E-state index contributed by atoms with van der Waals surface area (Å²) in [7, 11) is 0. The largest absolute Gasteiger partial charge is 0.481 e. The molecule has 0 bridgehead atoms. The van der Waals surface area contributed by atoms with Gasteiger partial charge < -0.3 is 5.11 Å². The van der Waals surface area contributed by atoms with Gasteiger partial charge >= 0.3 is 5.97 Å². The smallest absolute Gasteiger partial charge is 0.309 e. The van der Waals surface area contributed by atoms with Crippen LogP contribution >= 0.6 is 0 Å². The molecule has 1 aromatic carbocycles. The lowest BCUT2D eigenvalue weighted by atomic mass is 9.75. The van der Waals surface area contributed by atoms with E-state index in [4.69, 9.17) is 0 Å².